The number of thioether (sulfide) groups is 1. The fourth-order valence-corrected chi connectivity index (χ4v) is 3.17. The van der Waals surface area contributed by atoms with E-state index in [0.29, 0.717) is 5.95 Å². The fraction of sp³-hybridized carbons (Fsp3) is 0.375. The van der Waals surface area contributed by atoms with Crippen LogP contribution in [-0.4, -0.2) is 36.6 Å². The largest absolute Gasteiger partial charge is 0.354 e. The van der Waals surface area contributed by atoms with E-state index < -0.39 is 0 Å². The van der Waals surface area contributed by atoms with E-state index in [2.05, 4.69) is 48.8 Å². The summed E-state index contributed by atoms with van der Waals surface area (Å²) in [5.41, 5.74) is 3.26. The second kappa shape index (κ2) is 7.41. The third kappa shape index (κ3) is 4.19. The Morgan fingerprint density at radius 2 is 2.00 bits per heavy atom. The average molecular weight is 328 g/mol. The molecule has 0 spiro atoms. The highest BCUT2D eigenvalue weighted by Gasteiger charge is 2.05. The van der Waals surface area contributed by atoms with Crippen LogP contribution in [0.3, 0.4) is 0 Å². The first-order valence-electron chi connectivity index (χ1n) is 7.63. The number of aromatic nitrogens is 5. The average Bonchev–Trinajstić information content (AvgIpc) is 2.95. The molecule has 0 fully saturated rings. The molecule has 0 amide bonds. The second-order valence-electron chi connectivity index (χ2n) is 5.35. The van der Waals surface area contributed by atoms with Crippen LogP contribution in [0.4, 0.5) is 5.95 Å². The van der Waals surface area contributed by atoms with Gasteiger partial charge in [-0.3, -0.25) is 4.40 Å². The van der Waals surface area contributed by atoms with Gasteiger partial charge in [0.15, 0.2) is 0 Å². The van der Waals surface area contributed by atoms with Crippen molar-refractivity contribution in [2.75, 3.05) is 17.6 Å². The summed E-state index contributed by atoms with van der Waals surface area (Å²) in [6.45, 7) is 4.96. The molecular weight excluding hydrogens is 308 g/mol. The van der Waals surface area contributed by atoms with Gasteiger partial charge in [0.1, 0.15) is 0 Å². The molecule has 0 radical (unpaired) electrons. The molecule has 6 nitrogen and oxygen atoms in total. The van der Waals surface area contributed by atoms with E-state index in [4.69, 9.17) is 0 Å². The Morgan fingerprint density at radius 3 is 2.83 bits per heavy atom. The van der Waals surface area contributed by atoms with Crippen molar-refractivity contribution in [2.45, 2.75) is 26.0 Å². The minimum Gasteiger partial charge on any atom is -0.354 e. The van der Waals surface area contributed by atoms with Gasteiger partial charge in [-0.15, -0.1) is 0 Å². The van der Waals surface area contributed by atoms with E-state index in [1.807, 2.05) is 24.8 Å². The molecule has 0 aliphatic rings. The van der Waals surface area contributed by atoms with Crippen LogP contribution in [0.15, 0.2) is 30.7 Å². The van der Waals surface area contributed by atoms with Gasteiger partial charge in [0, 0.05) is 42.3 Å². The van der Waals surface area contributed by atoms with Crippen molar-refractivity contribution in [2.24, 2.45) is 0 Å². The van der Waals surface area contributed by atoms with Gasteiger partial charge in [-0.05, 0) is 38.2 Å². The summed E-state index contributed by atoms with van der Waals surface area (Å²) in [5.74, 6) is 3.46. The van der Waals surface area contributed by atoms with E-state index in [-0.39, 0.29) is 0 Å². The van der Waals surface area contributed by atoms with Gasteiger partial charge in [0.2, 0.25) is 11.7 Å². The number of fused-ring (bicyclic) bond motifs is 1. The molecule has 0 saturated heterocycles. The summed E-state index contributed by atoms with van der Waals surface area (Å²) < 4.78 is 2.05. The fourth-order valence-electron chi connectivity index (χ4n) is 2.33. The van der Waals surface area contributed by atoms with E-state index in [1.165, 1.54) is 5.69 Å². The molecular formula is C16H20N6S. The normalized spacial score (nSPS) is 11.0. The van der Waals surface area contributed by atoms with E-state index in [9.17, 15) is 0 Å². The summed E-state index contributed by atoms with van der Waals surface area (Å²) in [6, 6.07) is 3.89. The van der Waals surface area contributed by atoms with E-state index in [1.54, 1.807) is 12.4 Å². The first-order chi connectivity index (χ1) is 11.2. The standard InChI is InChI=1S/C16H20N6S/c1-12-9-13(2)22-10-14(21-16(22)20-12)11-23-8-4-7-19-15-17-5-3-6-18-15/h3,5-6,9-10H,4,7-8,11H2,1-2H3,(H,17,18,19). The number of hydrogen-bond acceptors (Lipinski definition) is 6. The minimum absolute atomic E-state index is 0.690. The highest BCUT2D eigenvalue weighted by atomic mass is 32.2. The van der Waals surface area contributed by atoms with Crippen molar-refractivity contribution in [3.05, 3.63) is 47.8 Å². The lowest BCUT2D eigenvalue weighted by Crippen LogP contribution is -2.05. The zero-order chi connectivity index (χ0) is 16.1. The second-order valence-corrected chi connectivity index (χ2v) is 6.45. The predicted molar refractivity (Wildman–Crippen MR) is 93.8 cm³/mol. The minimum atomic E-state index is 0.690. The van der Waals surface area contributed by atoms with Gasteiger partial charge in [-0.2, -0.15) is 11.8 Å². The molecule has 3 aromatic rings. The van der Waals surface area contributed by atoms with Gasteiger partial charge in [-0.1, -0.05) is 0 Å². The number of aryl methyl sites for hydroxylation is 2. The lowest BCUT2D eigenvalue weighted by Gasteiger charge is -2.03. The maximum absolute atomic E-state index is 4.60. The number of nitrogens with one attached hydrogen (secondary N) is 1. The van der Waals surface area contributed by atoms with Crippen molar-refractivity contribution in [3.63, 3.8) is 0 Å². The van der Waals surface area contributed by atoms with Crippen LogP contribution in [0.2, 0.25) is 0 Å². The van der Waals surface area contributed by atoms with Crippen LogP contribution in [0, 0.1) is 13.8 Å². The molecule has 7 heteroatoms. The number of anilines is 1. The molecule has 0 aromatic carbocycles. The van der Waals surface area contributed by atoms with Gasteiger partial charge in [-0.25, -0.2) is 19.9 Å². The molecule has 0 unspecified atom stereocenters. The predicted octanol–water partition coefficient (Wildman–Crippen LogP) is 2.87. The molecule has 0 atom stereocenters. The Hall–Kier alpha value is -2.15. The van der Waals surface area contributed by atoms with Crippen molar-refractivity contribution < 1.29 is 0 Å². The summed E-state index contributed by atoms with van der Waals surface area (Å²) in [4.78, 5) is 17.3. The zero-order valence-electron chi connectivity index (χ0n) is 13.4. The Kier molecular flexibility index (Phi) is 5.07. The van der Waals surface area contributed by atoms with E-state index >= 15 is 0 Å². The number of rotatable bonds is 7. The first kappa shape index (κ1) is 15.7. The quantitative estimate of drug-likeness (QED) is 0.673. The Labute approximate surface area is 139 Å². The van der Waals surface area contributed by atoms with Crippen LogP contribution in [0.5, 0.6) is 0 Å². The Bertz CT molecular complexity index is 771. The summed E-state index contributed by atoms with van der Waals surface area (Å²) >= 11 is 1.88. The van der Waals surface area contributed by atoms with Crippen molar-refractivity contribution in [1.29, 1.82) is 0 Å². The SMILES string of the molecule is Cc1cc(C)n2cc(CSCCCNc3ncccn3)nc2n1. The molecule has 3 heterocycles. The monoisotopic (exact) mass is 328 g/mol. The van der Waals surface area contributed by atoms with Gasteiger partial charge in [0.25, 0.3) is 0 Å². The number of imidazole rings is 1. The molecule has 23 heavy (non-hydrogen) atoms. The Balaban J connectivity index is 1.43. The van der Waals surface area contributed by atoms with Crippen LogP contribution in [-0.2, 0) is 5.75 Å². The van der Waals surface area contributed by atoms with Gasteiger partial charge >= 0.3 is 0 Å². The molecule has 3 rings (SSSR count). The van der Waals surface area contributed by atoms with Crippen molar-refractivity contribution >= 4 is 23.5 Å². The van der Waals surface area contributed by atoms with Crippen LogP contribution < -0.4 is 5.32 Å². The zero-order valence-corrected chi connectivity index (χ0v) is 14.2. The van der Waals surface area contributed by atoms with Crippen LogP contribution >= 0.6 is 11.8 Å². The van der Waals surface area contributed by atoms with Crippen LogP contribution in [0.1, 0.15) is 23.5 Å². The smallest absolute Gasteiger partial charge is 0.234 e. The van der Waals surface area contributed by atoms with Gasteiger partial charge in [0.05, 0.1) is 5.69 Å². The maximum atomic E-state index is 4.60. The third-order valence-electron chi connectivity index (χ3n) is 3.38. The number of nitrogens with zero attached hydrogens (tertiary/aromatic N) is 5. The molecule has 0 bridgehead atoms. The van der Waals surface area contributed by atoms with E-state index in [0.717, 1.165) is 41.6 Å². The maximum Gasteiger partial charge on any atom is 0.234 e. The van der Waals surface area contributed by atoms with Crippen molar-refractivity contribution in [3.8, 4) is 0 Å². The molecule has 0 aliphatic heterocycles. The lowest BCUT2D eigenvalue weighted by molar-refractivity contribution is 0.961. The first-order valence-corrected chi connectivity index (χ1v) is 8.79. The number of hydrogen-bond donors (Lipinski definition) is 1. The molecule has 120 valence electrons. The lowest BCUT2D eigenvalue weighted by atomic mass is 10.3. The summed E-state index contributed by atoms with van der Waals surface area (Å²) in [7, 11) is 0. The summed E-state index contributed by atoms with van der Waals surface area (Å²) in [5, 5.41) is 3.21. The topological polar surface area (TPSA) is 68.0 Å². The molecule has 0 aliphatic carbocycles. The molecule has 1 N–H and O–H groups in total. The highest BCUT2D eigenvalue weighted by Crippen LogP contribution is 2.14. The third-order valence-corrected chi connectivity index (χ3v) is 4.45. The highest BCUT2D eigenvalue weighted by molar-refractivity contribution is 7.98. The van der Waals surface area contributed by atoms with Crippen molar-refractivity contribution in [1.82, 2.24) is 24.3 Å². The molecule has 3 aromatic heterocycles. The Morgan fingerprint density at radius 1 is 1.17 bits per heavy atom. The van der Waals surface area contributed by atoms with Gasteiger partial charge < -0.3 is 5.32 Å². The summed E-state index contributed by atoms with van der Waals surface area (Å²) in [6.07, 6.45) is 6.63. The molecule has 0 saturated carbocycles. The van der Waals surface area contributed by atoms with Crippen LogP contribution in [0.25, 0.3) is 5.78 Å².